The molecule has 0 atom stereocenters. The Morgan fingerprint density at radius 3 is 2.26 bits per heavy atom. The summed E-state index contributed by atoms with van der Waals surface area (Å²) in [5.74, 6) is 0.403. The molecule has 1 aliphatic carbocycles. The Bertz CT molecular complexity index is 1100. The second-order valence-electron chi connectivity index (χ2n) is 9.31. The third-order valence-corrected chi connectivity index (χ3v) is 7.08. The summed E-state index contributed by atoms with van der Waals surface area (Å²) in [7, 11) is 0. The van der Waals surface area contributed by atoms with E-state index in [0.29, 0.717) is 19.0 Å². The fourth-order valence-electron chi connectivity index (χ4n) is 3.94. The van der Waals surface area contributed by atoms with Crippen molar-refractivity contribution in [1.82, 2.24) is 9.80 Å². The van der Waals surface area contributed by atoms with Gasteiger partial charge >= 0.3 is 6.03 Å². The van der Waals surface area contributed by atoms with Gasteiger partial charge in [0.1, 0.15) is 6.54 Å². The number of rotatable bonds is 9. The van der Waals surface area contributed by atoms with Crippen molar-refractivity contribution < 1.29 is 9.59 Å². The van der Waals surface area contributed by atoms with E-state index in [4.69, 9.17) is 0 Å². The lowest BCUT2D eigenvalue weighted by molar-refractivity contribution is -0.133. The molecular formula is C28H33N3O2S. The third kappa shape index (κ3) is 6.48. The molecule has 0 radical (unpaired) electrons. The first-order valence-corrected chi connectivity index (χ1v) is 12.8. The number of amides is 3. The lowest BCUT2D eigenvalue weighted by atomic mass is 10.0. The number of hydrogen-bond acceptors (Lipinski definition) is 3. The van der Waals surface area contributed by atoms with E-state index in [0.717, 1.165) is 29.0 Å². The van der Waals surface area contributed by atoms with Crippen LogP contribution in [0.15, 0.2) is 66.7 Å². The van der Waals surface area contributed by atoms with Crippen LogP contribution >= 0.6 is 11.3 Å². The Kier molecular flexibility index (Phi) is 7.68. The van der Waals surface area contributed by atoms with E-state index < -0.39 is 0 Å². The molecule has 1 heterocycles. The molecule has 6 heteroatoms. The van der Waals surface area contributed by atoms with Gasteiger partial charge in [0.2, 0.25) is 5.91 Å². The van der Waals surface area contributed by atoms with Gasteiger partial charge in [-0.25, -0.2) is 4.79 Å². The minimum Gasteiger partial charge on any atom is -0.332 e. The van der Waals surface area contributed by atoms with E-state index >= 15 is 0 Å². The van der Waals surface area contributed by atoms with E-state index in [1.165, 1.54) is 10.4 Å². The van der Waals surface area contributed by atoms with E-state index in [1.807, 2.05) is 59.5 Å². The highest BCUT2D eigenvalue weighted by Crippen LogP contribution is 2.28. The molecule has 3 aromatic rings. The summed E-state index contributed by atoms with van der Waals surface area (Å²) in [5, 5.41) is 2.99. The lowest BCUT2D eigenvalue weighted by Crippen LogP contribution is -2.45. The fourth-order valence-corrected chi connectivity index (χ4v) is 4.85. The first-order valence-electron chi connectivity index (χ1n) is 11.9. The lowest BCUT2D eigenvalue weighted by Gasteiger charge is -2.28. The zero-order valence-electron chi connectivity index (χ0n) is 20.2. The van der Waals surface area contributed by atoms with Gasteiger partial charge in [-0.15, -0.1) is 11.3 Å². The molecule has 1 aliphatic rings. The number of nitrogens with one attached hydrogen (secondary N) is 1. The molecule has 4 rings (SSSR count). The topological polar surface area (TPSA) is 52.7 Å². The summed E-state index contributed by atoms with van der Waals surface area (Å²) in [4.78, 5) is 32.6. The van der Waals surface area contributed by atoms with Crippen molar-refractivity contribution >= 4 is 29.0 Å². The average molecular weight is 476 g/mol. The van der Waals surface area contributed by atoms with Gasteiger partial charge < -0.3 is 15.1 Å². The van der Waals surface area contributed by atoms with Crippen molar-refractivity contribution in [2.24, 2.45) is 0 Å². The van der Waals surface area contributed by atoms with Gasteiger partial charge in [0.05, 0.1) is 6.54 Å². The Labute approximate surface area is 206 Å². The first-order chi connectivity index (χ1) is 16.4. The molecule has 0 bridgehead atoms. The highest BCUT2D eigenvalue weighted by atomic mass is 32.1. The van der Waals surface area contributed by atoms with Gasteiger partial charge in [0.15, 0.2) is 0 Å². The molecule has 5 nitrogen and oxygen atoms in total. The van der Waals surface area contributed by atoms with Crippen molar-refractivity contribution in [3.8, 4) is 0 Å². The van der Waals surface area contributed by atoms with Crippen LogP contribution in [0.2, 0.25) is 0 Å². The summed E-state index contributed by atoms with van der Waals surface area (Å²) < 4.78 is 0. The van der Waals surface area contributed by atoms with Crippen molar-refractivity contribution in [1.29, 1.82) is 0 Å². The maximum Gasteiger partial charge on any atom is 0.322 e. The maximum absolute atomic E-state index is 13.5. The van der Waals surface area contributed by atoms with E-state index in [2.05, 4.69) is 38.2 Å². The van der Waals surface area contributed by atoms with Crippen LogP contribution in [0.5, 0.6) is 0 Å². The molecule has 178 valence electrons. The monoisotopic (exact) mass is 475 g/mol. The number of hydrogen-bond donors (Lipinski definition) is 1. The molecule has 1 fully saturated rings. The van der Waals surface area contributed by atoms with E-state index in [9.17, 15) is 9.59 Å². The van der Waals surface area contributed by atoms with Crippen LogP contribution in [0.4, 0.5) is 10.5 Å². The highest BCUT2D eigenvalue weighted by Gasteiger charge is 2.35. The van der Waals surface area contributed by atoms with Crippen molar-refractivity contribution in [2.75, 3.05) is 11.9 Å². The average Bonchev–Trinajstić information content (AvgIpc) is 3.58. The zero-order chi connectivity index (χ0) is 24.1. The molecule has 1 aromatic heterocycles. The molecule has 0 unspecified atom stereocenters. The second-order valence-corrected chi connectivity index (χ2v) is 10.7. The number of aryl methyl sites for hydroxylation is 1. The van der Waals surface area contributed by atoms with Gasteiger partial charge in [0, 0.05) is 28.0 Å². The Hall–Kier alpha value is -3.12. The predicted octanol–water partition coefficient (Wildman–Crippen LogP) is 6.41. The summed E-state index contributed by atoms with van der Waals surface area (Å²) in [6.07, 6.45) is 1.88. The van der Waals surface area contributed by atoms with Crippen molar-refractivity contribution in [3.63, 3.8) is 0 Å². The normalized spacial score (nSPS) is 13.1. The number of carbonyl (C=O) groups is 2. The third-order valence-electron chi connectivity index (χ3n) is 6.09. The second kappa shape index (κ2) is 10.9. The minimum absolute atomic E-state index is 0.0351. The SMILES string of the molecule is Cc1ccc(CN(Cc2ccccc2)C(=O)CN(C(=O)Nc2ccc(C(C)C)cc2)C2CC2)s1. The van der Waals surface area contributed by atoms with Gasteiger partial charge in [0.25, 0.3) is 0 Å². The standard InChI is InChI=1S/C28H33N3O2S/c1-20(2)23-10-12-24(13-11-23)29-28(33)31(25-14-15-25)19-27(32)30(17-22-7-5-4-6-8-22)18-26-16-9-21(3)34-26/h4-13,16,20,25H,14-15,17-19H2,1-3H3,(H,29,33). The van der Waals surface area contributed by atoms with Crippen LogP contribution in [0.25, 0.3) is 0 Å². The van der Waals surface area contributed by atoms with Crippen LogP contribution in [0.3, 0.4) is 0 Å². The number of anilines is 1. The fraction of sp³-hybridized carbons (Fsp3) is 0.357. The van der Waals surface area contributed by atoms with E-state index in [-0.39, 0.29) is 24.5 Å². The predicted molar refractivity (Wildman–Crippen MR) is 139 cm³/mol. The number of carbonyl (C=O) groups excluding carboxylic acids is 2. The van der Waals surface area contributed by atoms with Crippen LogP contribution in [0, 0.1) is 6.92 Å². The van der Waals surface area contributed by atoms with Crippen molar-refractivity contribution in [2.45, 2.75) is 58.7 Å². The molecule has 3 amide bonds. The quantitative estimate of drug-likeness (QED) is 0.389. The minimum atomic E-state index is -0.209. The molecule has 2 aromatic carbocycles. The molecule has 34 heavy (non-hydrogen) atoms. The number of benzene rings is 2. The Balaban J connectivity index is 1.46. The number of urea groups is 1. The van der Waals surface area contributed by atoms with Gasteiger partial charge in [-0.05, 0) is 61.1 Å². The maximum atomic E-state index is 13.5. The van der Waals surface area contributed by atoms with Gasteiger partial charge in [-0.3, -0.25) is 4.79 Å². The first kappa shape index (κ1) is 24.0. The van der Waals surface area contributed by atoms with Gasteiger partial charge in [-0.1, -0.05) is 56.3 Å². The van der Waals surface area contributed by atoms with Gasteiger partial charge in [-0.2, -0.15) is 0 Å². The molecule has 1 saturated carbocycles. The van der Waals surface area contributed by atoms with Crippen molar-refractivity contribution in [3.05, 3.63) is 87.6 Å². The Morgan fingerprint density at radius 2 is 1.68 bits per heavy atom. The van der Waals surface area contributed by atoms with Crippen LogP contribution in [-0.2, 0) is 17.9 Å². The molecule has 0 spiro atoms. The van der Waals surface area contributed by atoms with Crippen LogP contribution in [-0.4, -0.2) is 34.3 Å². The zero-order valence-corrected chi connectivity index (χ0v) is 21.0. The highest BCUT2D eigenvalue weighted by molar-refractivity contribution is 7.11. The number of thiophene rings is 1. The molecule has 0 saturated heterocycles. The summed E-state index contributed by atoms with van der Waals surface area (Å²) in [5.41, 5.74) is 3.06. The molecule has 0 aliphatic heterocycles. The summed E-state index contributed by atoms with van der Waals surface area (Å²) in [6.45, 7) is 7.51. The number of nitrogens with zero attached hydrogens (tertiary/aromatic N) is 2. The molecule has 1 N–H and O–H groups in total. The van der Waals surface area contributed by atoms with Crippen LogP contribution in [0.1, 0.15) is 53.5 Å². The summed E-state index contributed by atoms with van der Waals surface area (Å²) in [6, 6.07) is 22.0. The Morgan fingerprint density at radius 1 is 0.971 bits per heavy atom. The largest absolute Gasteiger partial charge is 0.332 e. The molecular weight excluding hydrogens is 442 g/mol. The summed E-state index contributed by atoms with van der Waals surface area (Å²) >= 11 is 1.71. The van der Waals surface area contributed by atoms with E-state index in [1.54, 1.807) is 16.2 Å². The smallest absolute Gasteiger partial charge is 0.322 e. The van der Waals surface area contributed by atoms with Crippen LogP contribution < -0.4 is 5.32 Å².